The predicted octanol–water partition coefficient (Wildman–Crippen LogP) is 2.56. The van der Waals surface area contributed by atoms with Crippen molar-refractivity contribution in [1.82, 2.24) is 9.80 Å². The molecule has 2 aliphatic heterocycles. The number of amides is 2. The summed E-state index contributed by atoms with van der Waals surface area (Å²) in [6.07, 6.45) is 1.72. The van der Waals surface area contributed by atoms with Gasteiger partial charge in [0.15, 0.2) is 0 Å². The number of hydrogen-bond acceptors (Lipinski definition) is 2. The van der Waals surface area contributed by atoms with E-state index in [1.807, 2.05) is 31.2 Å². The molecule has 2 saturated heterocycles. The fraction of sp³-hybridized carbons (Fsp3) is 0.368. The zero-order valence-corrected chi connectivity index (χ0v) is 13.2. The molecule has 0 N–H and O–H groups in total. The van der Waals surface area contributed by atoms with Crippen molar-refractivity contribution in [3.63, 3.8) is 0 Å². The van der Waals surface area contributed by atoms with Crippen LogP contribution in [0.1, 0.15) is 25.3 Å². The fourth-order valence-electron chi connectivity index (χ4n) is 3.87. The highest BCUT2D eigenvalue weighted by molar-refractivity contribution is 5.97. The lowest BCUT2D eigenvalue weighted by Gasteiger charge is -2.41. The van der Waals surface area contributed by atoms with E-state index in [0.29, 0.717) is 6.54 Å². The Hall–Kier alpha value is -2.36. The van der Waals surface area contributed by atoms with Crippen LogP contribution in [0.2, 0.25) is 0 Å². The van der Waals surface area contributed by atoms with Crippen LogP contribution < -0.4 is 0 Å². The molecule has 0 spiro atoms. The molecule has 2 aromatic rings. The summed E-state index contributed by atoms with van der Waals surface area (Å²) in [5, 5.41) is 2.31. The zero-order chi connectivity index (χ0) is 16.0. The second-order valence-electron chi connectivity index (χ2n) is 6.47. The standard InChI is InChI=1S/C19H20N2O2/c1-13-18(22)20-11-5-10-17(20)19(23)21(13)12-15-8-4-7-14-6-2-3-9-16(14)15/h2-4,6-9,13,17H,5,10-12H2,1H3/t13-,17+/m0/s1. The van der Waals surface area contributed by atoms with Gasteiger partial charge in [0, 0.05) is 13.1 Å². The summed E-state index contributed by atoms with van der Waals surface area (Å²) in [6.45, 7) is 3.07. The topological polar surface area (TPSA) is 40.6 Å². The van der Waals surface area contributed by atoms with E-state index in [-0.39, 0.29) is 23.9 Å². The third-order valence-electron chi connectivity index (χ3n) is 5.15. The number of rotatable bonds is 2. The Labute approximate surface area is 135 Å². The molecule has 2 aromatic carbocycles. The molecule has 2 fully saturated rings. The van der Waals surface area contributed by atoms with Gasteiger partial charge >= 0.3 is 0 Å². The SMILES string of the molecule is C[C@H]1C(=O)N2CCC[C@@H]2C(=O)N1Cc1cccc2ccccc12. The quantitative estimate of drug-likeness (QED) is 0.855. The van der Waals surface area contributed by atoms with Gasteiger partial charge in [-0.15, -0.1) is 0 Å². The minimum Gasteiger partial charge on any atom is -0.329 e. The number of nitrogens with zero attached hydrogens (tertiary/aromatic N) is 2. The van der Waals surface area contributed by atoms with E-state index in [2.05, 4.69) is 18.2 Å². The first-order valence-electron chi connectivity index (χ1n) is 8.24. The summed E-state index contributed by atoms with van der Waals surface area (Å²) in [7, 11) is 0. The van der Waals surface area contributed by atoms with E-state index < -0.39 is 0 Å². The average Bonchev–Trinajstić information content (AvgIpc) is 3.07. The van der Waals surface area contributed by atoms with Crippen LogP contribution in [0.25, 0.3) is 10.8 Å². The second-order valence-corrected chi connectivity index (χ2v) is 6.47. The molecule has 0 unspecified atom stereocenters. The summed E-state index contributed by atoms with van der Waals surface area (Å²) in [5.74, 6) is 0.190. The van der Waals surface area contributed by atoms with Crippen molar-refractivity contribution in [2.45, 2.75) is 38.4 Å². The Morgan fingerprint density at radius 3 is 2.70 bits per heavy atom. The Balaban J connectivity index is 1.69. The maximum atomic E-state index is 12.8. The summed E-state index contributed by atoms with van der Waals surface area (Å²) in [5.41, 5.74) is 1.10. The van der Waals surface area contributed by atoms with Crippen LogP contribution in [0, 0.1) is 0 Å². The van der Waals surface area contributed by atoms with Gasteiger partial charge in [-0.05, 0) is 36.1 Å². The minimum absolute atomic E-state index is 0.0901. The van der Waals surface area contributed by atoms with Gasteiger partial charge in [0.05, 0.1) is 0 Å². The first-order chi connectivity index (χ1) is 11.2. The van der Waals surface area contributed by atoms with E-state index in [9.17, 15) is 9.59 Å². The van der Waals surface area contributed by atoms with Gasteiger partial charge in [0.25, 0.3) is 0 Å². The minimum atomic E-state index is -0.379. The van der Waals surface area contributed by atoms with Crippen molar-refractivity contribution >= 4 is 22.6 Å². The van der Waals surface area contributed by atoms with Crippen LogP contribution >= 0.6 is 0 Å². The van der Waals surface area contributed by atoms with E-state index in [1.54, 1.807) is 9.80 Å². The molecular weight excluding hydrogens is 288 g/mol. The van der Waals surface area contributed by atoms with E-state index in [0.717, 1.165) is 35.7 Å². The molecule has 4 heteroatoms. The molecule has 0 radical (unpaired) electrons. The third kappa shape index (κ3) is 2.21. The molecule has 0 aromatic heterocycles. The molecule has 4 rings (SSSR count). The lowest BCUT2D eigenvalue weighted by Crippen LogP contribution is -2.61. The third-order valence-corrected chi connectivity index (χ3v) is 5.15. The lowest BCUT2D eigenvalue weighted by atomic mass is 10.0. The van der Waals surface area contributed by atoms with Gasteiger partial charge in [0.1, 0.15) is 12.1 Å². The van der Waals surface area contributed by atoms with Crippen LogP contribution in [0.15, 0.2) is 42.5 Å². The maximum Gasteiger partial charge on any atom is 0.246 e. The van der Waals surface area contributed by atoms with Crippen molar-refractivity contribution < 1.29 is 9.59 Å². The number of piperazine rings is 1. The average molecular weight is 308 g/mol. The van der Waals surface area contributed by atoms with E-state index in [1.165, 1.54) is 0 Å². The molecule has 2 amide bonds. The first-order valence-corrected chi connectivity index (χ1v) is 8.24. The number of fused-ring (bicyclic) bond motifs is 2. The maximum absolute atomic E-state index is 12.8. The van der Waals surface area contributed by atoms with Crippen molar-refractivity contribution in [1.29, 1.82) is 0 Å². The number of benzene rings is 2. The normalized spacial score (nSPS) is 24.4. The van der Waals surface area contributed by atoms with Crippen LogP contribution in [-0.2, 0) is 16.1 Å². The number of carbonyl (C=O) groups excluding carboxylic acids is 2. The van der Waals surface area contributed by atoms with Gasteiger partial charge in [-0.2, -0.15) is 0 Å². The highest BCUT2D eigenvalue weighted by atomic mass is 16.2. The summed E-state index contributed by atoms with van der Waals surface area (Å²) >= 11 is 0. The summed E-state index contributed by atoms with van der Waals surface area (Å²) in [6, 6.07) is 13.7. The van der Waals surface area contributed by atoms with Crippen LogP contribution in [0.3, 0.4) is 0 Å². The molecule has 2 heterocycles. The smallest absolute Gasteiger partial charge is 0.246 e. The van der Waals surface area contributed by atoms with Gasteiger partial charge in [-0.25, -0.2) is 0 Å². The molecule has 0 saturated carbocycles. The van der Waals surface area contributed by atoms with Crippen molar-refractivity contribution in [3.8, 4) is 0 Å². The van der Waals surface area contributed by atoms with Crippen molar-refractivity contribution in [2.24, 2.45) is 0 Å². The van der Waals surface area contributed by atoms with Crippen LogP contribution in [-0.4, -0.2) is 40.2 Å². The van der Waals surface area contributed by atoms with Gasteiger partial charge < -0.3 is 9.80 Å². The zero-order valence-electron chi connectivity index (χ0n) is 13.2. The number of carbonyl (C=O) groups is 2. The molecular formula is C19H20N2O2. The van der Waals surface area contributed by atoms with Gasteiger partial charge in [0.2, 0.25) is 11.8 Å². The number of hydrogen-bond donors (Lipinski definition) is 0. The highest BCUT2D eigenvalue weighted by Gasteiger charge is 2.45. The summed E-state index contributed by atoms with van der Waals surface area (Å²) in [4.78, 5) is 28.9. The lowest BCUT2D eigenvalue weighted by molar-refractivity contribution is -0.159. The Morgan fingerprint density at radius 1 is 1.04 bits per heavy atom. The van der Waals surface area contributed by atoms with Crippen molar-refractivity contribution in [3.05, 3.63) is 48.0 Å². The van der Waals surface area contributed by atoms with Crippen LogP contribution in [0.4, 0.5) is 0 Å². The fourth-order valence-corrected chi connectivity index (χ4v) is 3.87. The molecule has 0 aliphatic carbocycles. The summed E-state index contributed by atoms with van der Waals surface area (Å²) < 4.78 is 0. The van der Waals surface area contributed by atoms with Gasteiger partial charge in [-0.3, -0.25) is 9.59 Å². The van der Waals surface area contributed by atoms with E-state index >= 15 is 0 Å². The Morgan fingerprint density at radius 2 is 1.83 bits per heavy atom. The largest absolute Gasteiger partial charge is 0.329 e. The monoisotopic (exact) mass is 308 g/mol. The molecule has 23 heavy (non-hydrogen) atoms. The predicted molar refractivity (Wildman–Crippen MR) is 88.7 cm³/mol. The molecule has 2 aliphatic rings. The molecule has 2 atom stereocenters. The molecule has 0 bridgehead atoms. The first kappa shape index (κ1) is 14.2. The second kappa shape index (κ2) is 5.37. The van der Waals surface area contributed by atoms with E-state index in [4.69, 9.17) is 0 Å². The Bertz CT molecular complexity index is 781. The Kier molecular flexibility index (Phi) is 3.33. The van der Waals surface area contributed by atoms with Crippen LogP contribution in [0.5, 0.6) is 0 Å². The van der Waals surface area contributed by atoms with Crippen molar-refractivity contribution in [2.75, 3.05) is 6.54 Å². The highest BCUT2D eigenvalue weighted by Crippen LogP contribution is 2.29. The molecule has 4 nitrogen and oxygen atoms in total. The van der Waals surface area contributed by atoms with Gasteiger partial charge in [-0.1, -0.05) is 42.5 Å². The molecule has 118 valence electrons.